The Morgan fingerprint density at radius 3 is 2.24 bits per heavy atom. The summed E-state index contributed by atoms with van der Waals surface area (Å²) in [4.78, 5) is 38.5. The summed E-state index contributed by atoms with van der Waals surface area (Å²) >= 11 is 0. The topological polar surface area (TPSA) is 84.9 Å². The second-order valence-corrected chi connectivity index (χ2v) is 8.51. The first-order chi connectivity index (χ1) is 17.6. The Hall–Kier alpha value is -4.34. The highest BCUT2D eigenvalue weighted by atomic mass is 19.4. The lowest BCUT2D eigenvalue weighted by Crippen LogP contribution is -2.28. The molecule has 2 amide bonds. The van der Waals surface area contributed by atoms with E-state index in [0.29, 0.717) is 17.2 Å². The maximum atomic E-state index is 13.1. The highest BCUT2D eigenvalue weighted by molar-refractivity contribution is 6.00. The molecule has 4 rings (SSSR count). The lowest BCUT2D eigenvalue weighted by Gasteiger charge is -2.17. The van der Waals surface area contributed by atoms with Crippen molar-refractivity contribution >= 4 is 29.2 Å². The van der Waals surface area contributed by atoms with Crippen LogP contribution in [-0.2, 0) is 25.3 Å². The molecule has 37 heavy (non-hydrogen) atoms. The number of para-hydroxylation sites is 1. The van der Waals surface area contributed by atoms with E-state index in [2.05, 4.69) is 5.32 Å². The van der Waals surface area contributed by atoms with Crippen LogP contribution in [0.3, 0.4) is 0 Å². The number of hydrogen-bond acceptors (Lipinski definition) is 5. The van der Waals surface area contributed by atoms with Crippen molar-refractivity contribution in [3.63, 3.8) is 0 Å². The predicted molar refractivity (Wildman–Crippen MR) is 129 cm³/mol. The molecule has 3 aromatic carbocycles. The molecule has 0 aliphatic carbocycles. The zero-order valence-corrected chi connectivity index (χ0v) is 19.7. The molecular weight excluding hydrogens is 489 g/mol. The fraction of sp³-hybridized carbons (Fsp3) is 0.222. The maximum Gasteiger partial charge on any atom is 0.418 e. The van der Waals surface area contributed by atoms with E-state index in [9.17, 15) is 27.6 Å². The molecule has 1 saturated heterocycles. The fourth-order valence-corrected chi connectivity index (χ4v) is 3.83. The summed E-state index contributed by atoms with van der Waals surface area (Å²) in [6.45, 7) is 1.25. The molecule has 1 aliphatic heterocycles. The molecule has 0 bridgehead atoms. The second kappa shape index (κ2) is 10.7. The number of aryl methyl sites for hydroxylation is 1. The van der Waals surface area contributed by atoms with Crippen LogP contribution >= 0.6 is 0 Å². The normalized spacial score (nSPS) is 15.4. The van der Waals surface area contributed by atoms with Gasteiger partial charge in [-0.05, 0) is 55.5 Å². The number of amides is 2. The largest absolute Gasteiger partial charge is 0.457 e. The monoisotopic (exact) mass is 512 g/mol. The van der Waals surface area contributed by atoms with E-state index in [-0.39, 0.29) is 18.9 Å². The Morgan fingerprint density at radius 2 is 1.59 bits per heavy atom. The number of carbonyl (C=O) groups excluding carboxylic acids is 3. The van der Waals surface area contributed by atoms with Crippen LogP contribution in [-0.4, -0.2) is 30.9 Å². The number of benzene rings is 3. The Labute approximate surface area is 210 Å². The van der Waals surface area contributed by atoms with Gasteiger partial charge in [-0.1, -0.05) is 29.8 Å². The summed E-state index contributed by atoms with van der Waals surface area (Å²) in [6.07, 6.45) is -4.77. The van der Waals surface area contributed by atoms with Crippen molar-refractivity contribution < 1.29 is 37.0 Å². The van der Waals surface area contributed by atoms with Gasteiger partial charge in [-0.2, -0.15) is 13.2 Å². The van der Waals surface area contributed by atoms with Gasteiger partial charge in [-0.25, -0.2) is 0 Å². The van der Waals surface area contributed by atoms with Gasteiger partial charge in [-0.15, -0.1) is 0 Å². The number of anilines is 2. The van der Waals surface area contributed by atoms with Gasteiger partial charge in [0.25, 0.3) is 5.91 Å². The summed E-state index contributed by atoms with van der Waals surface area (Å²) in [5.74, 6) is -1.56. The number of alkyl halides is 3. The molecule has 0 radical (unpaired) electrons. The first-order valence-corrected chi connectivity index (χ1v) is 11.4. The number of ether oxygens (including phenoxy) is 2. The number of esters is 1. The lowest BCUT2D eigenvalue weighted by atomic mass is 10.1. The fourth-order valence-electron chi connectivity index (χ4n) is 3.83. The molecule has 192 valence electrons. The third kappa shape index (κ3) is 6.46. The van der Waals surface area contributed by atoms with Gasteiger partial charge in [0.05, 0.1) is 17.2 Å². The summed E-state index contributed by atoms with van der Waals surface area (Å²) in [5.41, 5.74) is 0.226. The molecule has 1 heterocycles. The van der Waals surface area contributed by atoms with Gasteiger partial charge >= 0.3 is 12.1 Å². The summed E-state index contributed by atoms with van der Waals surface area (Å²) in [5, 5.41) is 2.11. The minimum Gasteiger partial charge on any atom is -0.457 e. The average molecular weight is 512 g/mol. The standard InChI is InChI=1S/C27H23F3N2O5/c1-17-6-10-20(11-7-17)37-21-12-8-19(9-13-21)32-15-18(14-25(32)34)26(35)36-16-24(33)31-23-5-3-2-4-22(23)27(28,29)30/h2-13,18H,14-16H2,1H3,(H,31,33)/t18-/m1/s1. The van der Waals surface area contributed by atoms with Crippen LogP contribution in [0, 0.1) is 12.8 Å². The van der Waals surface area contributed by atoms with Crippen molar-refractivity contribution in [3.8, 4) is 11.5 Å². The molecule has 0 unspecified atom stereocenters. The Kier molecular flexibility index (Phi) is 7.47. The Balaban J connectivity index is 1.30. The van der Waals surface area contributed by atoms with E-state index >= 15 is 0 Å². The smallest absolute Gasteiger partial charge is 0.418 e. The molecule has 1 aliphatic rings. The third-order valence-electron chi connectivity index (χ3n) is 5.72. The van der Waals surface area contributed by atoms with Crippen LogP contribution in [0.15, 0.2) is 72.8 Å². The minimum absolute atomic E-state index is 0.0500. The van der Waals surface area contributed by atoms with Crippen molar-refractivity contribution in [3.05, 3.63) is 83.9 Å². The number of rotatable bonds is 7. The highest BCUT2D eigenvalue weighted by Crippen LogP contribution is 2.34. The SMILES string of the molecule is Cc1ccc(Oc2ccc(N3C[C@H](C(=O)OCC(=O)Nc4ccccc4C(F)(F)F)CC3=O)cc2)cc1. The van der Waals surface area contributed by atoms with Crippen LogP contribution < -0.4 is 15.0 Å². The molecule has 0 aromatic heterocycles. The van der Waals surface area contributed by atoms with Crippen LogP contribution in [0.4, 0.5) is 24.5 Å². The highest BCUT2D eigenvalue weighted by Gasteiger charge is 2.37. The van der Waals surface area contributed by atoms with Crippen molar-refractivity contribution in [1.29, 1.82) is 0 Å². The Bertz CT molecular complexity index is 1290. The van der Waals surface area contributed by atoms with E-state index in [0.717, 1.165) is 17.7 Å². The molecule has 7 nitrogen and oxygen atoms in total. The number of halogens is 3. The van der Waals surface area contributed by atoms with Gasteiger partial charge in [0.15, 0.2) is 6.61 Å². The van der Waals surface area contributed by atoms with E-state index in [1.54, 1.807) is 24.3 Å². The maximum absolute atomic E-state index is 13.1. The van der Waals surface area contributed by atoms with Crippen LogP contribution in [0.25, 0.3) is 0 Å². The van der Waals surface area contributed by atoms with Crippen molar-refractivity contribution in [2.45, 2.75) is 19.5 Å². The predicted octanol–water partition coefficient (Wildman–Crippen LogP) is 5.34. The molecule has 3 aromatic rings. The zero-order valence-electron chi connectivity index (χ0n) is 19.7. The quantitative estimate of drug-likeness (QED) is 0.432. The van der Waals surface area contributed by atoms with Crippen molar-refractivity contribution in [1.82, 2.24) is 0 Å². The molecular formula is C27H23F3N2O5. The van der Waals surface area contributed by atoms with Gasteiger partial charge in [0.2, 0.25) is 5.91 Å². The van der Waals surface area contributed by atoms with Crippen LogP contribution in [0.1, 0.15) is 17.5 Å². The van der Waals surface area contributed by atoms with Gasteiger partial charge in [0.1, 0.15) is 11.5 Å². The van der Waals surface area contributed by atoms with Crippen LogP contribution in [0.2, 0.25) is 0 Å². The average Bonchev–Trinajstić information content (AvgIpc) is 3.26. The van der Waals surface area contributed by atoms with E-state index in [1.165, 1.54) is 17.0 Å². The van der Waals surface area contributed by atoms with Crippen molar-refractivity contribution in [2.75, 3.05) is 23.4 Å². The number of carbonyl (C=O) groups is 3. The molecule has 1 atom stereocenters. The first kappa shape index (κ1) is 25.7. The number of hydrogen-bond donors (Lipinski definition) is 1. The summed E-state index contributed by atoms with van der Waals surface area (Å²) in [7, 11) is 0. The van der Waals surface area contributed by atoms with E-state index in [4.69, 9.17) is 9.47 Å². The van der Waals surface area contributed by atoms with Gasteiger partial charge in [0, 0.05) is 18.7 Å². The third-order valence-corrected chi connectivity index (χ3v) is 5.72. The molecule has 0 saturated carbocycles. The summed E-state index contributed by atoms with van der Waals surface area (Å²) < 4.78 is 50.0. The van der Waals surface area contributed by atoms with E-state index in [1.807, 2.05) is 31.2 Å². The first-order valence-electron chi connectivity index (χ1n) is 11.4. The zero-order chi connectivity index (χ0) is 26.6. The Morgan fingerprint density at radius 1 is 0.973 bits per heavy atom. The molecule has 1 N–H and O–H groups in total. The molecule has 10 heteroatoms. The van der Waals surface area contributed by atoms with Crippen molar-refractivity contribution in [2.24, 2.45) is 5.92 Å². The van der Waals surface area contributed by atoms with Gasteiger partial charge in [-0.3, -0.25) is 14.4 Å². The van der Waals surface area contributed by atoms with E-state index < -0.39 is 41.8 Å². The summed E-state index contributed by atoms with van der Waals surface area (Å²) in [6, 6.07) is 18.8. The molecule has 0 spiro atoms. The second-order valence-electron chi connectivity index (χ2n) is 8.51. The number of nitrogens with zero attached hydrogens (tertiary/aromatic N) is 1. The lowest BCUT2D eigenvalue weighted by molar-refractivity contribution is -0.151. The molecule has 1 fully saturated rings. The van der Waals surface area contributed by atoms with Gasteiger partial charge < -0.3 is 19.7 Å². The minimum atomic E-state index is -4.65. The number of nitrogens with one attached hydrogen (secondary N) is 1. The van der Waals surface area contributed by atoms with Crippen LogP contribution in [0.5, 0.6) is 11.5 Å².